The molecule has 2 aliphatic heterocycles. The highest BCUT2D eigenvalue weighted by molar-refractivity contribution is 6.27. The largest absolute Gasteiger partial charge is 0.356 e. The lowest BCUT2D eigenvalue weighted by atomic mass is 9.81. The molecule has 0 unspecified atom stereocenters. The Hall–Kier alpha value is -11.7. The van der Waals surface area contributed by atoms with Crippen molar-refractivity contribution < 1.29 is 95.9 Å². The SMILES string of the molecule is O=Cc1ccc(CCC(=O)NCC2CCC(C(=O)NCCN3C(=O)C=CC3=O)CC2)cc1C=O.O=Cc1ccc(CCC(=O)NCC2CCC(C(=O)NCCNC(=O)CCl)CC2)cc1C=O.O=Cc1ccc(CCNC(=O)C2CCC(CN3C(=O)C=CC3=O)CC2)cc1C=O.O=Cc1ccc(CCNC(=O)C2CCC(CNC(=O)CCl)CC2)cc1C=O. The smallest absolute Gasteiger partial charge is 0.253 e. The number of hydrogen-bond donors (Lipinski definition) is 8. The molecule has 0 spiro atoms. The van der Waals surface area contributed by atoms with Crippen LogP contribution >= 0.6 is 23.2 Å². The van der Waals surface area contributed by atoms with Crippen molar-refractivity contribution >= 4 is 144 Å². The molecule has 2 heterocycles. The van der Waals surface area contributed by atoms with Gasteiger partial charge in [0.15, 0.2) is 50.3 Å². The average molecular weight is 1720 g/mol. The molecule has 4 saturated carbocycles. The van der Waals surface area contributed by atoms with Crippen LogP contribution in [-0.2, 0) is 83.2 Å². The molecule has 0 saturated heterocycles. The molecule has 8 N–H and O–H groups in total. The second-order valence-corrected chi connectivity index (χ2v) is 31.7. The quantitative estimate of drug-likeness (QED) is 0.00996. The van der Waals surface area contributed by atoms with Gasteiger partial charge in [0, 0.05) is 171 Å². The molecular formula is C90H108Cl2N10O20. The first kappa shape index (κ1) is 97.5. The van der Waals surface area contributed by atoms with Gasteiger partial charge in [0.1, 0.15) is 11.8 Å². The number of nitrogens with zero attached hydrogens (tertiary/aromatic N) is 2. The summed E-state index contributed by atoms with van der Waals surface area (Å²) < 4.78 is 0. The van der Waals surface area contributed by atoms with Crippen molar-refractivity contribution in [2.24, 2.45) is 47.3 Å². The summed E-state index contributed by atoms with van der Waals surface area (Å²) >= 11 is 10.9. The van der Waals surface area contributed by atoms with Crippen molar-refractivity contribution in [2.75, 3.05) is 77.2 Å². The highest BCUT2D eigenvalue weighted by Gasteiger charge is 2.34. The molecule has 30 nitrogen and oxygen atoms in total. The number of aldehydes is 8. The van der Waals surface area contributed by atoms with E-state index in [1.165, 1.54) is 29.2 Å². The third-order valence-electron chi connectivity index (χ3n) is 22.8. The van der Waals surface area contributed by atoms with Crippen molar-refractivity contribution in [1.82, 2.24) is 52.3 Å². The molecule has 0 aromatic heterocycles. The lowest BCUT2D eigenvalue weighted by Crippen LogP contribution is -2.41. The van der Waals surface area contributed by atoms with Crippen molar-refractivity contribution in [3.8, 4) is 0 Å². The zero-order valence-electron chi connectivity index (χ0n) is 68.3. The van der Waals surface area contributed by atoms with Gasteiger partial charge in [0.05, 0.1) is 0 Å². The summed E-state index contributed by atoms with van der Waals surface area (Å²) in [6.07, 6.45) is 25.9. The summed E-state index contributed by atoms with van der Waals surface area (Å²) in [5.41, 5.74) is 6.23. The number of aryl methyl sites for hydroxylation is 2. The Balaban J connectivity index is 0.000000225. The number of rotatable bonds is 40. The lowest BCUT2D eigenvalue weighted by molar-refractivity contribution is -0.139. The van der Waals surface area contributed by atoms with Crippen LogP contribution in [0.15, 0.2) is 97.1 Å². The summed E-state index contributed by atoms with van der Waals surface area (Å²) in [6.45, 7) is 4.27. The minimum atomic E-state index is -0.358. The Morgan fingerprint density at radius 2 is 0.557 bits per heavy atom. The van der Waals surface area contributed by atoms with E-state index in [-0.39, 0.29) is 132 Å². The van der Waals surface area contributed by atoms with Gasteiger partial charge in [-0.25, -0.2) is 0 Å². The van der Waals surface area contributed by atoms with Crippen molar-refractivity contribution in [3.63, 3.8) is 0 Å². The fourth-order valence-corrected chi connectivity index (χ4v) is 15.6. The molecule has 10 rings (SSSR count). The van der Waals surface area contributed by atoms with Gasteiger partial charge < -0.3 is 42.5 Å². The molecule has 4 aromatic carbocycles. The average Bonchev–Trinajstić information content (AvgIpc) is 1.67. The zero-order chi connectivity index (χ0) is 88.3. The monoisotopic (exact) mass is 1720 g/mol. The number of hydrogen-bond acceptors (Lipinski definition) is 20. The topological polar surface area (TPSA) is 444 Å². The van der Waals surface area contributed by atoms with Crippen molar-refractivity contribution in [2.45, 2.75) is 141 Å². The summed E-state index contributed by atoms with van der Waals surface area (Å²) in [7, 11) is 0. The molecule has 4 aliphatic carbocycles. The van der Waals surface area contributed by atoms with Crippen LogP contribution in [0.25, 0.3) is 0 Å². The Kier molecular flexibility index (Phi) is 41.9. The van der Waals surface area contributed by atoms with Crippen LogP contribution in [0.1, 0.15) is 221 Å². The molecule has 122 heavy (non-hydrogen) atoms. The maximum atomic E-state index is 12.4. The fraction of sp³-hybridized carbons (Fsp3) is 0.467. The minimum Gasteiger partial charge on any atom is -0.356 e. The summed E-state index contributed by atoms with van der Waals surface area (Å²) in [6, 6.07) is 20.1. The maximum absolute atomic E-state index is 12.4. The van der Waals surface area contributed by atoms with E-state index in [2.05, 4.69) is 42.5 Å². The van der Waals surface area contributed by atoms with E-state index in [9.17, 15) is 95.9 Å². The van der Waals surface area contributed by atoms with E-state index in [0.717, 1.165) is 130 Å². The van der Waals surface area contributed by atoms with Crippen LogP contribution in [0.2, 0.25) is 0 Å². The third kappa shape index (κ3) is 32.4. The Labute approximate surface area is 718 Å². The van der Waals surface area contributed by atoms with E-state index < -0.39 is 0 Å². The molecule has 32 heteroatoms. The number of imide groups is 2. The van der Waals surface area contributed by atoms with Crippen LogP contribution in [0.3, 0.4) is 0 Å². The van der Waals surface area contributed by atoms with Crippen LogP contribution in [0, 0.1) is 47.3 Å². The molecule has 652 valence electrons. The molecular weight excluding hydrogens is 1610 g/mol. The number of carbonyl (C=O) groups is 20. The van der Waals surface area contributed by atoms with Crippen molar-refractivity contribution in [3.05, 3.63) is 164 Å². The molecule has 4 fully saturated rings. The van der Waals surface area contributed by atoms with Crippen molar-refractivity contribution in [1.29, 1.82) is 0 Å². The first-order chi connectivity index (χ1) is 58.9. The molecule has 0 atom stereocenters. The first-order valence-electron chi connectivity index (χ1n) is 41.5. The van der Waals surface area contributed by atoms with Gasteiger partial charge in [-0.1, -0.05) is 48.5 Å². The molecule has 0 radical (unpaired) electrons. The predicted molar refractivity (Wildman–Crippen MR) is 452 cm³/mol. The number of carbonyl (C=O) groups excluding carboxylic acids is 20. The normalized spacial score (nSPS) is 19.5. The third-order valence-corrected chi connectivity index (χ3v) is 23.3. The van der Waals surface area contributed by atoms with E-state index >= 15 is 0 Å². The van der Waals surface area contributed by atoms with Gasteiger partial charge >= 0.3 is 0 Å². The molecule has 4 aromatic rings. The highest BCUT2D eigenvalue weighted by atomic mass is 35.5. The molecule has 0 bridgehead atoms. The standard InChI is InChI=1S/C25H29N3O6.C23H30ClN3O5.C22H24N2O5.C20H25ClN2O4/c29-15-20-7-1-17(13-21(20)16-30)4-8-22(31)27-14-18-2-5-19(6-3-18)25(34)26-11-12-28-23(32)9-10-24(28)33;24-12-22(31)25-9-10-26-23(32)18-5-2-17(3-6-18)13-27-21(30)8-4-16-1-7-19(14-28)20(11-16)15-29;25-13-18-6-1-15(11-19(18)14-26)9-10-23-22(29)17-4-2-16(3-5-17)12-24-20(27)7-8-21(24)28;21-10-19(26)23-11-15-2-4-16(5-3-15)20(27)22-8-7-14-1-6-17(12-24)18(9-14)13-25/h1,7,9-10,13,15-16,18-19H,2-6,8,11-12,14H2,(H,26,34)(H,27,31);1,7,11,14-15,17-18H,2-6,8-10,12-13H2,(H,25,31)(H,26,32)(H,27,30);1,6-8,11,13-14,16-17H,2-5,9-10,12H2,(H,23,29);1,6,9,12-13,15-16H,2-5,7-8,10-11H2,(H,22,27)(H,23,26). The van der Waals surface area contributed by atoms with E-state index in [1.807, 2.05) is 0 Å². The van der Waals surface area contributed by atoms with Crippen LogP contribution in [0.4, 0.5) is 0 Å². The number of benzene rings is 4. The van der Waals surface area contributed by atoms with E-state index in [1.54, 1.807) is 72.8 Å². The van der Waals surface area contributed by atoms with Gasteiger partial charge in [-0.2, -0.15) is 0 Å². The van der Waals surface area contributed by atoms with Crippen LogP contribution in [0.5, 0.6) is 0 Å². The first-order valence-corrected chi connectivity index (χ1v) is 42.5. The predicted octanol–water partition coefficient (Wildman–Crippen LogP) is 6.68. The van der Waals surface area contributed by atoms with Crippen LogP contribution in [-0.4, -0.2) is 208 Å². The van der Waals surface area contributed by atoms with Gasteiger partial charge in [-0.15, -0.1) is 23.2 Å². The molecule has 6 aliphatic rings. The fourth-order valence-electron chi connectivity index (χ4n) is 15.4. The van der Waals surface area contributed by atoms with E-state index in [0.29, 0.717) is 197 Å². The number of halogens is 2. The maximum Gasteiger partial charge on any atom is 0.253 e. The van der Waals surface area contributed by atoms with Gasteiger partial charge in [-0.3, -0.25) is 106 Å². The second kappa shape index (κ2) is 52.5. The Morgan fingerprint density at radius 1 is 0.295 bits per heavy atom. The Bertz CT molecular complexity index is 4420. The van der Waals surface area contributed by atoms with E-state index in [4.69, 9.17) is 23.2 Å². The number of nitrogens with one attached hydrogen (secondary N) is 8. The summed E-state index contributed by atoms with van der Waals surface area (Å²) in [5, 5.41) is 22.9. The van der Waals surface area contributed by atoms with Gasteiger partial charge in [0.2, 0.25) is 47.3 Å². The lowest BCUT2D eigenvalue weighted by Gasteiger charge is -2.30. The Morgan fingerprint density at radius 3 is 0.869 bits per heavy atom. The minimum absolute atomic E-state index is 0.00268. The van der Waals surface area contributed by atoms with Gasteiger partial charge in [0.25, 0.3) is 23.6 Å². The number of alkyl halides is 2. The summed E-state index contributed by atoms with van der Waals surface area (Å²) in [5.74, 6) is -0.776. The van der Waals surface area contributed by atoms with Gasteiger partial charge in [-0.05, 0) is 199 Å². The molecule has 12 amide bonds. The highest BCUT2D eigenvalue weighted by Crippen LogP contribution is 2.33. The number of amides is 12. The van der Waals surface area contributed by atoms with Crippen LogP contribution < -0.4 is 42.5 Å². The zero-order valence-corrected chi connectivity index (χ0v) is 69.8. The summed E-state index contributed by atoms with van der Waals surface area (Å²) in [4.78, 5) is 232. The second-order valence-electron chi connectivity index (χ2n) is 31.1.